The molecule has 19 heavy (non-hydrogen) atoms. The summed E-state index contributed by atoms with van der Waals surface area (Å²) in [5.41, 5.74) is 8.66. The van der Waals surface area contributed by atoms with E-state index >= 15 is 0 Å². The Morgan fingerprint density at radius 2 is 2.37 bits per heavy atom. The van der Waals surface area contributed by atoms with Crippen molar-refractivity contribution in [1.29, 1.82) is 0 Å². The molecule has 1 saturated heterocycles. The van der Waals surface area contributed by atoms with Crippen LogP contribution in [0.25, 0.3) is 11.4 Å². The van der Waals surface area contributed by atoms with Gasteiger partial charge in [0.15, 0.2) is 5.82 Å². The van der Waals surface area contributed by atoms with E-state index in [0.717, 1.165) is 48.8 Å². The predicted octanol–water partition coefficient (Wildman–Crippen LogP) is 1.27. The number of rotatable bonds is 3. The average Bonchev–Trinajstić information content (AvgIpc) is 3.05. The number of aromatic nitrogens is 4. The van der Waals surface area contributed by atoms with Crippen LogP contribution in [0.4, 0.5) is 5.69 Å². The molecule has 1 unspecified atom stereocenters. The third kappa shape index (κ3) is 2.44. The van der Waals surface area contributed by atoms with Crippen LogP contribution in [0.5, 0.6) is 0 Å². The van der Waals surface area contributed by atoms with E-state index in [0.29, 0.717) is 5.92 Å². The van der Waals surface area contributed by atoms with Crippen molar-refractivity contribution < 1.29 is 4.74 Å². The van der Waals surface area contributed by atoms with Crippen molar-refractivity contribution in [3.05, 3.63) is 23.8 Å². The Balaban J connectivity index is 1.87. The summed E-state index contributed by atoms with van der Waals surface area (Å²) in [5, 5.41) is 12.0. The summed E-state index contributed by atoms with van der Waals surface area (Å²) < 4.78 is 7.24. The van der Waals surface area contributed by atoms with Crippen LogP contribution in [-0.2, 0) is 11.3 Å². The van der Waals surface area contributed by atoms with Crippen molar-refractivity contribution in [3.63, 3.8) is 0 Å². The molecule has 2 N–H and O–H groups in total. The minimum atomic E-state index is 0.497. The third-order valence-corrected chi connectivity index (χ3v) is 3.52. The predicted molar refractivity (Wildman–Crippen MR) is 71.3 cm³/mol. The lowest BCUT2D eigenvalue weighted by Crippen LogP contribution is -2.13. The summed E-state index contributed by atoms with van der Waals surface area (Å²) in [7, 11) is 0. The Hall–Kier alpha value is -1.95. The van der Waals surface area contributed by atoms with Crippen molar-refractivity contribution in [3.8, 4) is 11.4 Å². The Morgan fingerprint density at radius 3 is 3.11 bits per heavy atom. The highest BCUT2D eigenvalue weighted by atomic mass is 16.5. The summed E-state index contributed by atoms with van der Waals surface area (Å²) in [4.78, 5) is 0. The summed E-state index contributed by atoms with van der Waals surface area (Å²) in [6.45, 7) is 4.41. The lowest BCUT2D eigenvalue weighted by atomic mass is 10.1. The van der Waals surface area contributed by atoms with Crippen molar-refractivity contribution in [1.82, 2.24) is 20.2 Å². The van der Waals surface area contributed by atoms with Crippen molar-refractivity contribution >= 4 is 5.69 Å². The van der Waals surface area contributed by atoms with E-state index in [2.05, 4.69) is 15.5 Å². The standard InChI is InChI=1S/C13H17N5O/c1-9-6-11(2-3-12(9)14)13-15-16-17-18(13)7-10-4-5-19-8-10/h2-3,6,10H,4-5,7-8,14H2,1H3. The molecule has 1 atom stereocenters. The molecular weight excluding hydrogens is 242 g/mol. The Labute approximate surface area is 111 Å². The first-order valence-corrected chi connectivity index (χ1v) is 6.44. The van der Waals surface area contributed by atoms with Gasteiger partial charge in [-0.2, -0.15) is 0 Å². The quantitative estimate of drug-likeness (QED) is 0.840. The maximum atomic E-state index is 5.84. The van der Waals surface area contributed by atoms with Crippen LogP contribution in [0.1, 0.15) is 12.0 Å². The molecule has 1 fully saturated rings. The van der Waals surface area contributed by atoms with Crippen LogP contribution in [0.15, 0.2) is 18.2 Å². The number of benzene rings is 1. The number of hydrogen-bond donors (Lipinski definition) is 1. The fraction of sp³-hybridized carbons (Fsp3) is 0.462. The van der Waals surface area contributed by atoms with E-state index in [9.17, 15) is 0 Å². The molecule has 0 saturated carbocycles. The zero-order valence-corrected chi connectivity index (χ0v) is 10.9. The van der Waals surface area contributed by atoms with Gasteiger partial charge in [0, 0.05) is 23.8 Å². The van der Waals surface area contributed by atoms with Crippen molar-refractivity contribution in [2.45, 2.75) is 19.9 Å². The van der Waals surface area contributed by atoms with E-state index in [1.807, 2.05) is 29.8 Å². The van der Waals surface area contributed by atoms with Gasteiger partial charge >= 0.3 is 0 Å². The number of aryl methyl sites for hydroxylation is 1. The smallest absolute Gasteiger partial charge is 0.182 e. The van der Waals surface area contributed by atoms with E-state index in [1.54, 1.807) is 0 Å². The topological polar surface area (TPSA) is 78.8 Å². The Morgan fingerprint density at radius 1 is 1.47 bits per heavy atom. The first-order chi connectivity index (χ1) is 9.24. The molecule has 0 bridgehead atoms. The molecule has 6 nitrogen and oxygen atoms in total. The minimum absolute atomic E-state index is 0.497. The van der Waals surface area contributed by atoms with Gasteiger partial charge in [-0.1, -0.05) is 0 Å². The van der Waals surface area contributed by atoms with E-state index in [-0.39, 0.29) is 0 Å². The summed E-state index contributed by atoms with van der Waals surface area (Å²) in [6.07, 6.45) is 1.07. The third-order valence-electron chi connectivity index (χ3n) is 3.52. The lowest BCUT2D eigenvalue weighted by Gasteiger charge is -2.09. The zero-order chi connectivity index (χ0) is 13.2. The molecule has 0 spiro atoms. The van der Waals surface area contributed by atoms with Crippen molar-refractivity contribution in [2.24, 2.45) is 5.92 Å². The molecule has 1 aliphatic heterocycles. The second-order valence-corrected chi connectivity index (χ2v) is 4.99. The highest BCUT2D eigenvalue weighted by Crippen LogP contribution is 2.22. The van der Waals surface area contributed by atoms with Crippen molar-refractivity contribution in [2.75, 3.05) is 18.9 Å². The Kier molecular flexibility index (Phi) is 3.16. The van der Waals surface area contributed by atoms with Crippen LogP contribution in [-0.4, -0.2) is 33.4 Å². The lowest BCUT2D eigenvalue weighted by molar-refractivity contribution is 0.181. The molecule has 1 aromatic heterocycles. The summed E-state index contributed by atoms with van der Waals surface area (Å²) in [5.74, 6) is 1.28. The second-order valence-electron chi connectivity index (χ2n) is 4.99. The number of nitrogen functional groups attached to an aromatic ring is 1. The highest BCUT2D eigenvalue weighted by Gasteiger charge is 2.19. The molecule has 0 radical (unpaired) electrons. The summed E-state index contributed by atoms with van der Waals surface area (Å²) in [6, 6.07) is 5.86. The van der Waals surface area contributed by atoms with Gasteiger partial charge in [0.05, 0.1) is 13.2 Å². The monoisotopic (exact) mass is 259 g/mol. The number of nitrogens with two attached hydrogens (primary N) is 1. The number of nitrogens with zero attached hydrogens (tertiary/aromatic N) is 4. The molecule has 6 heteroatoms. The maximum Gasteiger partial charge on any atom is 0.182 e. The molecule has 0 amide bonds. The molecule has 1 aromatic carbocycles. The van der Waals surface area contributed by atoms with Gasteiger partial charge in [0.25, 0.3) is 0 Å². The van der Waals surface area contributed by atoms with Crippen LogP contribution in [0.3, 0.4) is 0 Å². The highest BCUT2D eigenvalue weighted by molar-refractivity contribution is 5.61. The molecule has 2 aromatic rings. The van der Waals surface area contributed by atoms with Crippen LogP contribution in [0, 0.1) is 12.8 Å². The molecule has 3 rings (SSSR count). The van der Waals surface area contributed by atoms with E-state index < -0.39 is 0 Å². The normalized spacial score (nSPS) is 18.9. The molecule has 2 heterocycles. The van der Waals surface area contributed by atoms with Gasteiger partial charge in [0.1, 0.15) is 0 Å². The molecular formula is C13H17N5O. The summed E-state index contributed by atoms with van der Waals surface area (Å²) >= 11 is 0. The second kappa shape index (κ2) is 4.97. The maximum absolute atomic E-state index is 5.84. The first kappa shape index (κ1) is 12.1. The number of hydrogen-bond acceptors (Lipinski definition) is 5. The van der Waals surface area contributed by atoms with Gasteiger partial charge in [0.2, 0.25) is 0 Å². The molecule has 0 aliphatic carbocycles. The van der Waals surface area contributed by atoms with E-state index in [4.69, 9.17) is 10.5 Å². The van der Waals surface area contributed by atoms with Crippen LogP contribution >= 0.6 is 0 Å². The van der Waals surface area contributed by atoms with Gasteiger partial charge in [-0.05, 0) is 47.5 Å². The van der Waals surface area contributed by atoms with Gasteiger partial charge in [-0.25, -0.2) is 4.68 Å². The number of anilines is 1. The number of ether oxygens (including phenoxy) is 1. The zero-order valence-electron chi connectivity index (χ0n) is 10.9. The largest absolute Gasteiger partial charge is 0.399 e. The fourth-order valence-corrected chi connectivity index (χ4v) is 2.32. The first-order valence-electron chi connectivity index (χ1n) is 6.44. The minimum Gasteiger partial charge on any atom is -0.399 e. The van der Waals surface area contributed by atoms with Gasteiger partial charge in [-0.15, -0.1) is 5.10 Å². The average molecular weight is 259 g/mol. The molecule has 1 aliphatic rings. The SMILES string of the molecule is Cc1cc(-c2nnnn2CC2CCOC2)ccc1N. The molecule has 100 valence electrons. The van der Waals surface area contributed by atoms with Crippen LogP contribution in [0.2, 0.25) is 0 Å². The van der Waals surface area contributed by atoms with Gasteiger partial charge in [-0.3, -0.25) is 0 Å². The fourth-order valence-electron chi connectivity index (χ4n) is 2.32. The Bertz CT molecular complexity index is 574. The number of tetrazole rings is 1. The van der Waals surface area contributed by atoms with Gasteiger partial charge < -0.3 is 10.5 Å². The van der Waals surface area contributed by atoms with E-state index in [1.165, 1.54) is 0 Å². The van der Waals surface area contributed by atoms with Crippen LogP contribution < -0.4 is 5.73 Å².